The van der Waals surface area contributed by atoms with Crippen molar-refractivity contribution < 1.29 is 0 Å². The van der Waals surface area contributed by atoms with Crippen LogP contribution in [0.15, 0.2) is 33.2 Å². The molecule has 0 amide bonds. The highest BCUT2D eigenvalue weighted by Crippen LogP contribution is 2.30. The molecule has 0 aliphatic rings. The van der Waals surface area contributed by atoms with E-state index < -0.39 is 0 Å². The molecule has 1 aromatic heterocycles. The van der Waals surface area contributed by atoms with Gasteiger partial charge in [-0.1, -0.05) is 36.7 Å². The van der Waals surface area contributed by atoms with Crippen molar-refractivity contribution >= 4 is 49.2 Å². The van der Waals surface area contributed by atoms with Gasteiger partial charge in [-0.05, 0) is 34.1 Å². The zero-order valence-electron chi connectivity index (χ0n) is 12.0. The number of rotatable bonds is 3. The summed E-state index contributed by atoms with van der Waals surface area (Å²) < 4.78 is 1.93. The molecular formula is C14H17Br2N5. The van der Waals surface area contributed by atoms with Crippen LogP contribution >= 0.6 is 31.9 Å². The number of anilines is 3. The van der Waals surface area contributed by atoms with Gasteiger partial charge < -0.3 is 10.7 Å². The SMILES string of the molecule is CC(C)(C)c1nc(NN)cc(Nc2cc(Br)ccc2Br)n1. The molecule has 112 valence electrons. The average Bonchev–Trinajstić information content (AvgIpc) is 2.41. The van der Waals surface area contributed by atoms with Crippen molar-refractivity contribution in [1.82, 2.24) is 9.97 Å². The molecule has 7 heteroatoms. The van der Waals surface area contributed by atoms with E-state index in [0.29, 0.717) is 17.5 Å². The van der Waals surface area contributed by atoms with Crippen LogP contribution in [0, 0.1) is 0 Å². The van der Waals surface area contributed by atoms with Gasteiger partial charge in [0.15, 0.2) is 0 Å². The van der Waals surface area contributed by atoms with E-state index in [-0.39, 0.29) is 5.41 Å². The van der Waals surface area contributed by atoms with Gasteiger partial charge in [0, 0.05) is 20.4 Å². The Hall–Kier alpha value is -1.18. The maximum absolute atomic E-state index is 5.49. The van der Waals surface area contributed by atoms with Crippen molar-refractivity contribution in [3.8, 4) is 0 Å². The van der Waals surface area contributed by atoms with Crippen molar-refractivity contribution in [2.75, 3.05) is 10.7 Å². The number of nitrogens with two attached hydrogens (primary N) is 1. The minimum absolute atomic E-state index is 0.169. The first-order valence-electron chi connectivity index (χ1n) is 6.38. The van der Waals surface area contributed by atoms with Crippen molar-refractivity contribution in [3.05, 3.63) is 39.0 Å². The van der Waals surface area contributed by atoms with Crippen LogP contribution in [0.4, 0.5) is 17.3 Å². The van der Waals surface area contributed by atoms with Crippen molar-refractivity contribution in [3.63, 3.8) is 0 Å². The van der Waals surface area contributed by atoms with Crippen molar-refractivity contribution in [2.24, 2.45) is 5.84 Å². The molecule has 5 nitrogen and oxygen atoms in total. The summed E-state index contributed by atoms with van der Waals surface area (Å²) in [5.74, 6) is 7.46. The van der Waals surface area contributed by atoms with E-state index in [1.54, 1.807) is 6.07 Å². The molecule has 0 unspecified atom stereocenters. The van der Waals surface area contributed by atoms with Crippen LogP contribution in [-0.2, 0) is 5.41 Å². The Bertz CT molecular complexity index is 652. The lowest BCUT2D eigenvalue weighted by atomic mass is 9.96. The number of hydrogen-bond acceptors (Lipinski definition) is 5. The molecule has 0 fully saturated rings. The second-order valence-electron chi connectivity index (χ2n) is 5.61. The van der Waals surface area contributed by atoms with E-state index in [1.165, 1.54) is 0 Å². The summed E-state index contributed by atoms with van der Waals surface area (Å²) in [5.41, 5.74) is 3.32. The van der Waals surface area contributed by atoms with Gasteiger partial charge in [-0.2, -0.15) is 0 Å². The van der Waals surface area contributed by atoms with Crippen LogP contribution in [0.2, 0.25) is 0 Å². The van der Waals surface area contributed by atoms with E-state index >= 15 is 0 Å². The minimum atomic E-state index is -0.169. The lowest BCUT2D eigenvalue weighted by molar-refractivity contribution is 0.547. The van der Waals surface area contributed by atoms with Gasteiger partial charge >= 0.3 is 0 Å². The monoisotopic (exact) mass is 413 g/mol. The maximum atomic E-state index is 5.49. The van der Waals surface area contributed by atoms with E-state index in [4.69, 9.17) is 5.84 Å². The van der Waals surface area contributed by atoms with Gasteiger partial charge in [-0.25, -0.2) is 15.8 Å². The van der Waals surface area contributed by atoms with Crippen molar-refractivity contribution in [1.29, 1.82) is 0 Å². The number of halogens is 2. The third-order valence-corrected chi connectivity index (χ3v) is 3.92. The van der Waals surface area contributed by atoms with Gasteiger partial charge in [-0.3, -0.25) is 0 Å². The highest BCUT2D eigenvalue weighted by Gasteiger charge is 2.19. The quantitative estimate of drug-likeness (QED) is 0.514. The molecule has 0 atom stereocenters. The number of nitrogens with zero attached hydrogens (tertiary/aromatic N) is 2. The fourth-order valence-electron chi connectivity index (χ4n) is 1.65. The van der Waals surface area contributed by atoms with Crippen LogP contribution < -0.4 is 16.6 Å². The fraction of sp³-hybridized carbons (Fsp3) is 0.286. The molecular weight excluding hydrogens is 398 g/mol. The predicted molar refractivity (Wildman–Crippen MR) is 93.7 cm³/mol. The molecule has 1 aromatic carbocycles. The summed E-state index contributed by atoms with van der Waals surface area (Å²) in [6.45, 7) is 6.17. The lowest BCUT2D eigenvalue weighted by Gasteiger charge is -2.19. The van der Waals surface area contributed by atoms with Crippen molar-refractivity contribution in [2.45, 2.75) is 26.2 Å². The van der Waals surface area contributed by atoms with Gasteiger partial charge in [0.2, 0.25) is 0 Å². The first-order valence-corrected chi connectivity index (χ1v) is 7.96. The van der Waals surface area contributed by atoms with Gasteiger partial charge in [0.25, 0.3) is 0 Å². The maximum Gasteiger partial charge on any atom is 0.145 e. The molecule has 0 saturated heterocycles. The summed E-state index contributed by atoms with van der Waals surface area (Å²) in [5, 5.41) is 3.28. The number of nitrogens with one attached hydrogen (secondary N) is 2. The van der Waals surface area contributed by atoms with E-state index in [0.717, 1.165) is 14.6 Å². The molecule has 0 aliphatic heterocycles. The van der Waals surface area contributed by atoms with E-state index in [9.17, 15) is 0 Å². The Morgan fingerprint density at radius 2 is 1.71 bits per heavy atom. The van der Waals surface area contributed by atoms with Gasteiger partial charge in [0.1, 0.15) is 17.5 Å². The van der Waals surface area contributed by atoms with Crippen LogP contribution in [-0.4, -0.2) is 9.97 Å². The summed E-state index contributed by atoms with van der Waals surface area (Å²) >= 11 is 6.97. The van der Waals surface area contributed by atoms with E-state index in [2.05, 4.69) is 73.3 Å². The molecule has 0 radical (unpaired) electrons. The van der Waals surface area contributed by atoms with Crippen LogP contribution in [0.1, 0.15) is 26.6 Å². The standard InChI is InChI=1S/C14H17Br2N5/c1-14(2,3)13-19-11(7-12(20-13)21-17)18-10-6-8(15)4-5-9(10)16/h4-7H,17H2,1-3H3,(H2,18,19,20,21). The largest absolute Gasteiger partial charge is 0.339 e. The summed E-state index contributed by atoms with van der Waals surface area (Å²) in [6, 6.07) is 7.66. The highest BCUT2D eigenvalue weighted by molar-refractivity contribution is 9.11. The zero-order valence-corrected chi connectivity index (χ0v) is 15.2. The second-order valence-corrected chi connectivity index (χ2v) is 7.38. The van der Waals surface area contributed by atoms with Crippen LogP contribution in [0.3, 0.4) is 0 Å². The number of aromatic nitrogens is 2. The van der Waals surface area contributed by atoms with Gasteiger partial charge in [0.05, 0.1) is 5.69 Å². The van der Waals surface area contributed by atoms with Crippen LogP contribution in [0.25, 0.3) is 0 Å². The average molecular weight is 415 g/mol. The second kappa shape index (κ2) is 6.29. The summed E-state index contributed by atoms with van der Waals surface area (Å²) in [6.07, 6.45) is 0. The highest BCUT2D eigenvalue weighted by atomic mass is 79.9. The predicted octanol–water partition coefficient (Wildman–Crippen LogP) is 4.33. The summed E-state index contributed by atoms with van der Waals surface area (Å²) in [4.78, 5) is 8.96. The Kier molecular flexibility index (Phi) is 4.85. The molecule has 4 N–H and O–H groups in total. The normalized spacial score (nSPS) is 11.3. The number of benzene rings is 1. The molecule has 21 heavy (non-hydrogen) atoms. The number of nitrogen functional groups attached to an aromatic ring is 1. The first-order chi connectivity index (χ1) is 9.79. The topological polar surface area (TPSA) is 75.9 Å². The molecule has 0 bridgehead atoms. The number of hydrogen-bond donors (Lipinski definition) is 3. The lowest BCUT2D eigenvalue weighted by Crippen LogP contribution is -2.19. The molecule has 0 spiro atoms. The first kappa shape index (κ1) is 16.2. The third-order valence-electron chi connectivity index (χ3n) is 2.74. The summed E-state index contributed by atoms with van der Waals surface area (Å²) in [7, 11) is 0. The van der Waals surface area contributed by atoms with Crippen LogP contribution in [0.5, 0.6) is 0 Å². The van der Waals surface area contributed by atoms with Gasteiger partial charge in [-0.15, -0.1) is 0 Å². The molecule has 1 heterocycles. The molecule has 2 rings (SSSR count). The molecule has 2 aromatic rings. The van der Waals surface area contributed by atoms with E-state index in [1.807, 2.05) is 18.2 Å². The Labute approximate surface area is 141 Å². The zero-order chi connectivity index (χ0) is 15.6. The minimum Gasteiger partial charge on any atom is -0.339 e. The Morgan fingerprint density at radius 3 is 2.33 bits per heavy atom. The third kappa shape index (κ3) is 4.15. The molecule has 0 saturated carbocycles. The smallest absolute Gasteiger partial charge is 0.145 e. The molecule has 0 aliphatic carbocycles. The Balaban J connectivity index is 2.42. The fourth-order valence-corrected chi connectivity index (χ4v) is 2.36. The number of hydrazine groups is 1. The Morgan fingerprint density at radius 1 is 1.05 bits per heavy atom.